The molecule has 9 heteroatoms. The Labute approximate surface area is 177 Å². The minimum Gasteiger partial charge on any atom is -0.496 e. The van der Waals surface area contributed by atoms with E-state index in [1.165, 1.54) is 29.2 Å². The lowest BCUT2D eigenvalue weighted by atomic mass is 9.97. The number of morpholine rings is 1. The van der Waals surface area contributed by atoms with Crippen molar-refractivity contribution in [3.05, 3.63) is 66.0 Å². The number of likely N-dealkylation sites (N-methyl/N-ethyl adjacent to an activating group) is 1. The summed E-state index contributed by atoms with van der Waals surface area (Å²) in [5, 5.41) is 6.63. The fourth-order valence-electron chi connectivity index (χ4n) is 3.50. The number of carbonyl (C=O) groups is 2. The molecule has 2 atom stereocenters. The van der Waals surface area contributed by atoms with Gasteiger partial charge in [-0.25, -0.2) is 4.39 Å². The highest BCUT2D eigenvalue weighted by Crippen LogP contribution is 2.32. The smallest absolute Gasteiger partial charge is 0.258 e. The number of para-hydroxylation sites is 1. The normalized spacial score (nSPS) is 18.7. The Morgan fingerprint density at radius 1 is 1.23 bits per heavy atom. The zero-order chi connectivity index (χ0) is 22.0. The number of nitrogens with zero attached hydrogens (tertiary/aromatic N) is 2. The van der Waals surface area contributed by atoms with Crippen LogP contribution in [0.3, 0.4) is 0 Å². The van der Waals surface area contributed by atoms with E-state index in [0.717, 1.165) is 0 Å². The van der Waals surface area contributed by atoms with Crippen molar-refractivity contribution in [3.63, 3.8) is 0 Å². The Bertz CT molecular complexity index is 1100. The maximum absolute atomic E-state index is 13.3. The number of benzene rings is 2. The van der Waals surface area contributed by atoms with E-state index in [1.54, 1.807) is 26.3 Å². The van der Waals surface area contributed by atoms with Gasteiger partial charge in [0, 0.05) is 18.7 Å². The molecule has 8 nitrogen and oxygen atoms in total. The molecule has 1 aliphatic heterocycles. The van der Waals surface area contributed by atoms with E-state index in [1.807, 2.05) is 18.2 Å². The van der Waals surface area contributed by atoms with Crippen LogP contribution in [0.4, 0.5) is 10.3 Å². The zero-order valence-corrected chi connectivity index (χ0v) is 16.9. The summed E-state index contributed by atoms with van der Waals surface area (Å²) < 4.78 is 29.5. The monoisotopic (exact) mass is 425 g/mol. The molecule has 1 saturated heterocycles. The molecule has 0 bridgehead atoms. The number of anilines is 1. The van der Waals surface area contributed by atoms with Crippen molar-refractivity contribution < 1.29 is 28.0 Å². The van der Waals surface area contributed by atoms with Gasteiger partial charge in [0.1, 0.15) is 23.9 Å². The van der Waals surface area contributed by atoms with E-state index in [-0.39, 0.29) is 18.4 Å². The van der Waals surface area contributed by atoms with Gasteiger partial charge in [-0.1, -0.05) is 29.4 Å². The first-order valence-electron chi connectivity index (χ1n) is 9.51. The fourth-order valence-corrected chi connectivity index (χ4v) is 3.50. The summed E-state index contributed by atoms with van der Waals surface area (Å²) in [6, 6.07) is 13.7. The summed E-state index contributed by atoms with van der Waals surface area (Å²) in [4.78, 5) is 26.5. The second kappa shape index (κ2) is 8.57. The van der Waals surface area contributed by atoms with Crippen LogP contribution in [0, 0.1) is 5.82 Å². The van der Waals surface area contributed by atoms with Crippen molar-refractivity contribution in [2.75, 3.05) is 26.1 Å². The average molecular weight is 425 g/mol. The van der Waals surface area contributed by atoms with Crippen LogP contribution in [-0.4, -0.2) is 48.7 Å². The number of carbonyl (C=O) groups excluding carboxylic acids is 2. The molecule has 1 aliphatic rings. The SMILES string of the molecule is COc1ccccc1-c1cc(NC(=O)C2OCC(=O)N(C)C2c2ccc(F)cc2)on1. The lowest BCUT2D eigenvalue weighted by molar-refractivity contribution is -0.160. The highest BCUT2D eigenvalue weighted by Gasteiger charge is 2.40. The Kier molecular flexibility index (Phi) is 5.68. The molecule has 31 heavy (non-hydrogen) atoms. The summed E-state index contributed by atoms with van der Waals surface area (Å²) in [7, 11) is 3.13. The first-order valence-corrected chi connectivity index (χ1v) is 9.51. The molecule has 160 valence electrons. The quantitative estimate of drug-likeness (QED) is 0.675. The van der Waals surface area contributed by atoms with Gasteiger partial charge >= 0.3 is 0 Å². The highest BCUT2D eigenvalue weighted by molar-refractivity contribution is 5.95. The molecule has 1 N–H and O–H groups in total. The largest absolute Gasteiger partial charge is 0.496 e. The number of ether oxygens (including phenoxy) is 2. The molecular weight excluding hydrogens is 405 g/mol. The van der Waals surface area contributed by atoms with E-state index in [0.29, 0.717) is 22.6 Å². The molecular formula is C22H20FN3O5. The third kappa shape index (κ3) is 4.13. The van der Waals surface area contributed by atoms with Gasteiger partial charge in [0.05, 0.1) is 13.2 Å². The van der Waals surface area contributed by atoms with Crippen molar-refractivity contribution in [2.24, 2.45) is 0 Å². The van der Waals surface area contributed by atoms with Gasteiger partial charge in [-0.2, -0.15) is 0 Å². The second-order valence-electron chi connectivity index (χ2n) is 7.00. The maximum atomic E-state index is 13.3. The van der Waals surface area contributed by atoms with Crippen LogP contribution in [0.5, 0.6) is 5.75 Å². The average Bonchev–Trinajstić information content (AvgIpc) is 3.24. The number of hydrogen-bond acceptors (Lipinski definition) is 6. The predicted molar refractivity (Wildman–Crippen MR) is 109 cm³/mol. The minimum atomic E-state index is -1.02. The van der Waals surface area contributed by atoms with Gasteiger partial charge in [0.15, 0.2) is 6.10 Å². The summed E-state index contributed by atoms with van der Waals surface area (Å²) in [6.07, 6.45) is -1.02. The first-order chi connectivity index (χ1) is 15.0. The van der Waals surface area contributed by atoms with Crippen LogP contribution in [-0.2, 0) is 14.3 Å². The van der Waals surface area contributed by atoms with E-state index < -0.39 is 23.9 Å². The van der Waals surface area contributed by atoms with Gasteiger partial charge in [-0.05, 0) is 29.8 Å². The maximum Gasteiger partial charge on any atom is 0.258 e. The van der Waals surface area contributed by atoms with Crippen molar-refractivity contribution in [1.82, 2.24) is 10.1 Å². The molecule has 0 aliphatic carbocycles. The van der Waals surface area contributed by atoms with Gasteiger partial charge in [-0.3, -0.25) is 14.9 Å². The third-order valence-electron chi connectivity index (χ3n) is 5.09. The van der Waals surface area contributed by atoms with Crippen LogP contribution < -0.4 is 10.1 Å². The lowest BCUT2D eigenvalue weighted by Crippen LogP contribution is -2.51. The lowest BCUT2D eigenvalue weighted by Gasteiger charge is -2.38. The summed E-state index contributed by atoms with van der Waals surface area (Å²) in [5.41, 5.74) is 1.77. The van der Waals surface area contributed by atoms with Crippen LogP contribution in [0.1, 0.15) is 11.6 Å². The number of rotatable bonds is 5. The van der Waals surface area contributed by atoms with Crippen LogP contribution in [0.2, 0.25) is 0 Å². The van der Waals surface area contributed by atoms with Crippen molar-refractivity contribution >= 4 is 17.7 Å². The number of hydrogen-bond donors (Lipinski definition) is 1. The molecule has 2 aromatic carbocycles. The standard InChI is InChI=1S/C22H20FN3O5/c1-26-19(27)12-30-21(20(26)13-7-9-14(23)10-8-13)22(28)24-18-11-16(25-31-18)15-5-3-4-6-17(15)29-2/h3-11,20-21H,12H2,1-2H3,(H,24,28). The number of amides is 2. The van der Waals surface area contributed by atoms with Gasteiger partial charge < -0.3 is 18.9 Å². The molecule has 4 rings (SSSR count). The van der Waals surface area contributed by atoms with Crippen LogP contribution >= 0.6 is 0 Å². The topological polar surface area (TPSA) is 93.9 Å². The Morgan fingerprint density at radius 2 is 1.97 bits per heavy atom. The van der Waals surface area contributed by atoms with Crippen molar-refractivity contribution in [1.29, 1.82) is 0 Å². The van der Waals surface area contributed by atoms with Crippen molar-refractivity contribution in [2.45, 2.75) is 12.1 Å². The molecule has 2 unspecified atom stereocenters. The van der Waals surface area contributed by atoms with Crippen LogP contribution in [0.25, 0.3) is 11.3 Å². The second-order valence-corrected chi connectivity index (χ2v) is 7.00. The van der Waals surface area contributed by atoms with Crippen LogP contribution in [0.15, 0.2) is 59.1 Å². The molecule has 2 amide bonds. The van der Waals surface area contributed by atoms with E-state index in [9.17, 15) is 14.0 Å². The Hall–Kier alpha value is -3.72. The zero-order valence-electron chi connectivity index (χ0n) is 16.9. The predicted octanol–water partition coefficient (Wildman–Crippen LogP) is 3.03. The Morgan fingerprint density at radius 3 is 2.71 bits per heavy atom. The fraction of sp³-hybridized carbons (Fsp3) is 0.227. The molecule has 0 saturated carbocycles. The van der Waals surface area contributed by atoms with Gasteiger partial charge in [0.25, 0.3) is 5.91 Å². The number of methoxy groups -OCH3 is 1. The van der Waals surface area contributed by atoms with Gasteiger partial charge in [-0.15, -0.1) is 0 Å². The highest BCUT2D eigenvalue weighted by atomic mass is 19.1. The Balaban J connectivity index is 1.56. The summed E-state index contributed by atoms with van der Waals surface area (Å²) >= 11 is 0. The van der Waals surface area contributed by atoms with E-state index >= 15 is 0 Å². The first kappa shape index (κ1) is 20.5. The number of halogens is 1. The molecule has 1 fully saturated rings. The molecule has 1 aromatic heterocycles. The summed E-state index contributed by atoms with van der Waals surface area (Å²) in [5.74, 6) is -0.485. The third-order valence-corrected chi connectivity index (χ3v) is 5.09. The van der Waals surface area contributed by atoms with Gasteiger partial charge in [0.2, 0.25) is 11.8 Å². The molecule has 0 spiro atoms. The number of nitrogens with one attached hydrogen (secondary N) is 1. The van der Waals surface area contributed by atoms with Crippen molar-refractivity contribution in [3.8, 4) is 17.0 Å². The molecule has 2 heterocycles. The van der Waals surface area contributed by atoms with E-state index in [2.05, 4.69) is 10.5 Å². The molecule has 3 aromatic rings. The summed E-state index contributed by atoms with van der Waals surface area (Å²) in [6.45, 7) is -0.241. The van der Waals surface area contributed by atoms with E-state index in [4.69, 9.17) is 14.0 Å². The molecule has 0 radical (unpaired) electrons. The number of aromatic nitrogens is 1. The minimum absolute atomic E-state index is 0.118.